The van der Waals surface area contributed by atoms with E-state index in [0.717, 1.165) is 0 Å². The van der Waals surface area contributed by atoms with E-state index in [-0.39, 0.29) is 49.9 Å². The number of carbonyl (C=O) groups excluding carboxylic acids is 3. The Morgan fingerprint density at radius 1 is 1.22 bits per heavy atom. The lowest BCUT2D eigenvalue weighted by Crippen LogP contribution is -2.51. The highest BCUT2D eigenvalue weighted by Crippen LogP contribution is 2.37. The maximum absolute atomic E-state index is 13.0. The van der Waals surface area contributed by atoms with Crippen molar-refractivity contribution in [1.29, 1.82) is 0 Å². The van der Waals surface area contributed by atoms with Gasteiger partial charge in [0.15, 0.2) is 11.5 Å². The SMILES string of the molecule is CCC(C)[C@@H](NC(=O)C1CC(=O)N(c2ccc3c(c2)OCO3)C1)C(=O)NCc1ccco1. The van der Waals surface area contributed by atoms with Gasteiger partial charge < -0.3 is 29.4 Å². The molecule has 0 radical (unpaired) electrons. The molecule has 3 heterocycles. The molecule has 4 rings (SSSR count). The molecule has 2 aromatic rings. The largest absolute Gasteiger partial charge is 0.467 e. The summed E-state index contributed by atoms with van der Waals surface area (Å²) >= 11 is 0. The Hall–Kier alpha value is -3.49. The van der Waals surface area contributed by atoms with Gasteiger partial charge >= 0.3 is 0 Å². The third-order valence-electron chi connectivity index (χ3n) is 5.97. The van der Waals surface area contributed by atoms with E-state index in [0.29, 0.717) is 29.4 Å². The van der Waals surface area contributed by atoms with Crippen LogP contribution in [0.1, 0.15) is 32.4 Å². The Morgan fingerprint density at radius 2 is 2.03 bits per heavy atom. The molecule has 1 saturated heterocycles. The van der Waals surface area contributed by atoms with Crippen molar-refractivity contribution in [3.05, 3.63) is 42.4 Å². The van der Waals surface area contributed by atoms with Crippen molar-refractivity contribution in [3.63, 3.8) is 0 Å². The highest BCUT2D eigenvalue weighted by Gasteiger charge is 2.37. The van der Waals surface area contributed by atoms with E-state index in [4.69, 9.17) is 13.9 Å². The molecule has 1 aromatic carbocycles. The van der Waals surface area contributed by atoms with E-state index in [1.165, 1.54) is 0 Å². The van der Waals surface area contributed by atoms with Crippen LogP contribution in [0.5, 0.6) is 11.5 Å². The maximum Gasteiger partial charge on any atom is 0.243 e. The van der Waals surface area contributed by atoms with E-state index in [1.807, 2.05) is 13.8 Å². The van der Waals surface area contributed by atoms with Crippen molar-refractivity contribution in [3.8, 4) is 11.5 Å². The fraction of sp³-hybridized carbons (Fsp3) is 0.435. The summed E-state index contributed by atoms with van der Waals surface area (Å²) < 4.78 is 15.9. The number of hydrogen-bond acceptors (Lipinski definition) is 6. The van der Waals surface area contributed by atoms with E-state index >= 15 is 0 Å². The molecule has 1 aromatic heterocycles. The third kappa shape index (κ3) is 4.56. The van der Waals surface area contributed by atoms with Gasteiger partial charge in [0.05, 0.1) is 18.7 Å². The number of rotatable bonds is 8. The van der Waals surface area contributed by atoms with E-state index in [1.54, 1.807) is 41.5 Å². The lowest BCUT2D eigenvalue weighted by atomic mass is 9.97. The van der Waals surface area contributed by atoms with Crippen LogP contribution >= 0.6 is 0 Å². The van der Waals surface area contributed by atoms with Gasteiger partial charge in [0.25, 0.3) is 0 Å². The number of anilines is 1. The minimum atomic E-state index is -0.697. The molecular formula is C23H27N3O6. The normalized spacial score (nSPS) is 19.0. The zero-order valence-corrected chi connectivity index (χ0v) is 18.1. The summed E-state index contributed by atoms with van der Waals surface area (Å²) in [4.78, 5) is 40.0. The molecule has 0 aliphatic carbocycles. The third-order valence-corrected chi connectivity index (χ3v) is 5.97. The lowest BCUT2D eigenvalue weighted by Gasteiger charge is -2.25. The summed E-state index contributed by atoms with van der Waals surface area (Å²) in [6.45, 7) is 4.51. The Bertz CT molecular complexity index is 990. The fourth-order valence-corrected chi connectivity index (χ4v) is 3.86. The van der Waals surface area contributed by atoms with Crippen molar-refractivity contribution in [2.75, 3.05) is 18.2 Å². The van der Waals surface area contributed by atoms with Gasteiger partial charge in [-0.2, -0.15) is 0 Å². The number of carbonyl (C=O) groups is 3. The van der Waals surface area contributed by atoms with Crippen LogP contribution in [0.3, 0.4) is 0 Å². The smallest absolute Gasteiger partial charge is 0.243 e. The van der Waals surface area contributed by atoms with Gasteiger partial charge in [-0.05, 0) is 30.2 Å². The second-order valence-electron chi connectivity index (χ2n) is 8.11. The molecule has 170 valence electrons. The van der Waals surface area contributed by atoms with Crippen LogP contribution < -0.4 is 25.0 Å². The van der Waals surface area contributed by atoms with Gasteiger partial charge in [-0.25, -0.2) is 0 Å². The summed E-state index contributed by atoms with van der Waals surface area (Å²) in [5, 5.41) is 5.68. The van der Waals surface area contributed by atoms with Crippen LogP contribution in [0.25, 0.3) is 0 Å². The number of ether oxygens (including phenoxy) is 2. The summed E-state index contributed by atoms with van der Waals surface area (Å²) in [6.07, 6.45) is 2.34. The predicted molar refractivity (Wildman–Crippen MR) is 115 cm³/mol. The lowest BCUT2D eigenvalue weighted by molar-refractivity contribution is -0.132. The monoisotopic (exact) mass is 441 g/mol. The number of fused-ring (bicyclic) bond motifs is 1. The molecule has 2 unspecified atom stereocenters. The highest BCUT2D eigenvalue weighted by molar-refractivity contribution is 6.01. The zero-order valence-electron chi connectivity index (χ0n) is 18.1. The number of hydrogen-bond donors (Lipinski definition) is 2. The molecule has 0 saturated carbocycles. The van der Waals surface area contributed by atoms with Gasteiger partial charge in [-0.15, -0.1) is 0 Å². The molecule has 3 atom stereocenters. The summed E-state index contributed by atoms with van der Waals surface area (Å²) in [7, 11) is 0. The maximum atomic E-state index is 13.0. The molecule has 32 heavy (non-hydrogen) atoms. The first-order valence-electron chi connectivity index (χ1n) is 10.8. The molecule has 2 N–H and O–H groups in total. The molecule has 0 bridgehead atoms. The Labute approximate surface area is 186 Å². The summed E-state index contributed by atoms with van der Waals surface area (Å²) in [5.41, 5.74) is 0.657. The van der Waals surface area contributed by atoms with E-state index in [2.05, 4.69) is 10.6 Å². The quantitative estimate of drug-likeness (QED) is 0.650. The van der Waals surface area contributed by atoms with Crippen molar-refractivity contribution in [2.24, 2.45) is 11.8 Å². The van der Waals surface area contributed by atoms with Crippen LogP contribution in [-0.4, -0.2) is 37.1 Å². The van der Waals surface area contributed by atoms with E-state index < -0.39 is 12.0 Å². The Kier molecular flexibility index (Phi) is 6.34. The first kappa shape index (κ1) is 21.7. The van der Waals surface area contributed by atoms with Gasteiger partial charge in [-0.1, -0.05) is 20.3 Å². The van der Waals surface area contributed by atoms with Gasteiger partial charge in [0.2, 0.25) is 24.5 Å². The van der Waals surface area contributed by atoms with Gasteiger partial charge in [0.1, 0.15) is 11.8 Å². The number of amides is 3. The molecular weight excluding hydrogens is 414 g/mol. The summed E-state index contributed by atoms with van der Waals surface area (Å²) in [5.74, 6) is 0.496. The zero-order chi connectivity index (χ0) is 22.7. The van der Waals surface area contributed by atoms with Crippen LogP contribution in [0.4, 0.5) is 5.69 Å². The van der Waals surface area contributed by atoms with Crippen molar-refractivity contribution in [2.45, 2.75) is 39.3 Å². The summed E-state index contributed by atoms with van der Waals surface area (Å²) in [6, 6.07) is 8.09. The average molecular weight is 441 g/mol. The average Bonchev–Trinajstić information content (AvgIpc) is 3.55. The van der Waals surface area contributed by atoms with Crippen molar-refractivity contribution in [1.82, 2.24) is 10.6 Å². The topological polar surface area (TPSA) is 110 Å². The van der Waals surface area contributed by atoms with Crippen LogP contribution in [0.15, 0.2) is 41.0 Å². The van der Waals surface area contributed by atoms with Gasteiger partial charge in [-0.3, -0.25) is 14.4 Å². The first-order chi connectivity index (χ1) is 15.5. The number of nitrogens with zero attached hydrogens (tertiary/aromatic N) is 1. The minimum absolute atomic E-state index is 0.0716. The molecule has 2 aliphatic rings. The molecule has 0 spiro atoms. The second-order valence-corrected chi connectivity index (χ2v) is 8.11. The number of benzene rings is 1. The predicted octanol–water partition coefficient (Wildman–Crippen LogP) is 2.21. The molecule has 9 heteroatoms. The van der Waals surface area contributed by atoms with Crippen LogP contribution in [-0.2, 0) is 20.9 Å². The van der Waals surface area contributed by atoms with Crippen molar-refractivity contribution >= 4 is 23.4 Å². The Morgan fingerprint density at radius 3 is 2.78 bits per heavy atom. The highest BCUT2D eigenvalue weighted by atomic mass is 16.7. The fourth-order valence-electron chi connectivity index (χ4n) is 3.86. The molecule has 9 nitrogen and oxygen atoms in total. The number of furan rings is 1. The molecule has 3 amide bonds. The van der Waals surface area contributed by atoms with E-state index in [9.17, 15) is 14.4 Å². The molecule has 1 fully saturated rings. The molecule has 2 aliphatic heterocycles. The minimum Gasteiger partial charge on any atom is -0.467 e. The second kappa shape index (κ2) is 9.33. The van der Waals surface area contributed by atoms with Crippen LogP contribution in [0.2, 0.25) is 0 Å². The number of nitrogens with one attached hydrogen (secondary N) is 2. The van der Waals surface area contributed by atoms with Crippen LogP contribution in [0, 0.1) is 11.8 Å². The first-order valence-corrected chi connectivity index (χ1v) is 10.8. The van der Waals surface area contributed by atoms with Crippen molar-refractivity contribution < 1.29 is 28.3 Å². The van der Waals surface area contributed by atoms with Gasteiger partial charge in [0, 0.05) is 24.7 Å². The standard InChI is InChI=1S/C23H27N3O6/c1-3-14(2)21(23(29)24-11-17-5-4-8-30-17)25-22(28)15-9-20(27)26(12-15)16-6-7-18-19(10-16)32-13-31-18/h4-8,10,14-15,21H,3,9,11-13H2,1-2H3,(H,24,29)(H,25,28)/t14?,15?,21-/m1/s1. The Balaban J connectivity index is 1.39.